The van der Waals surface area contributed by atoms with E-state index < -0.39 is 97.5 Å². The smallest absolute Gasteiger partial charge is 0.462 e. The van der Waals surface area contributed by atoms with Crippen molar-refractivity contribution in [3.05, 3.63) is 0 Å². The third-order valence-corrected chi connectivity index (χ3v) is 23.0. The molecule has 0 fully saturated rings. The van der Waals surface area contributed by atoms with Gasteiger partial charge in [-0.1, -0.05) is 420 Å². The first-order valence-corrected chi connectivity index (χ1v) is 48.5. The van der Waals surface area contributed by atoms with Gasteiger partial charge in [0.15, 0.2) is 12.2 Å². The van der Waals surface area contributed by atoms with Crippen LogP contribution in [0.25, 0.3) is 0 Å². The predicted octanol–water partition coefficient (Wildman–Crippen LogP) is 27.0. The molecular formula is C88H172O17P2. The first-order valence-electron chi connectivity index (χ1n) is 45.5. The van der Waals surface area contributed by atoms with Crippen LogP contribution in [0, 0.1) is 11.8 Å². The summed E-state index contributed by atoms with van der Waals surface area (Å²) in [5, 5.41) is 10.7. The molecule has 636 valence electrons. The van der Waals surface area contributed by atoms with Crippen molar-refractivity contribution in [2.75, 3.05) is 39.6 Å². The molecule has 0 aromatic heterocycles. The minimum Gasteiger partial charge on any atom is -0.462 e. The van der Waals surface area contributed by atoms with Crippen LogP contribution >= 0.6 is 15.6 Å². The minimum atomic E-state index is -4.97. The molecule has 0 aliphatic rings. The van der Waals surface area contributed by atoms with E-state index in [1.165, 1.54) is 289 Å². The highest BCUT2D eigenvalue weighted by molar-refractivity contribution is 7.47. The molecule has 19 heteroatoms. The van der Waals surface area contributed by atoms with E-state index in [0.29, 0.717) is 25.7 Å². The lowest BCUT2D eigenvalue weighted by atomic mass is 9.99. The fourth-order valence-electron chi connectivity index (χ4n) is 13.7. The van der Waals surface area contributed by atoms with E-state index >= 15 is 0 Å². The molecule has 3 N–H and O–H groups in total. The first-order chi connectivity index (χ1) is 51.9. The molecule has 0 aromatic rings. The van der Waals surface area contributed by atoms with E-state index in [0.717, 1.165) is 102 Å². The van der Waals surface area contributed by atoms with Crippen LogP contribution in [0.2, 0.25) is 0 Å². The maximum absolute atomic E-state index is 13.2. The number of hydrogen-bond acceptors (Lipinski definition) is 15. The van der Waals surface area contributed by atoms with Crippen LogP contribution in [0.5, 0.6) is 0 Å². The Labute approximate surface area is 658 Å². The van der Waals surface area contributed by atoms with Crippen LogP contribution in [-0.2, 0) is 65.4 Å². The van der Waals surface area contributed by atoms with E-state index in [1.807, 2.05) is 0 Å². The van der Waals surface area contributed by atoms with Crippen LogP contribution in [0.4, 0.5) is 0 Å². The van der Waals surface area contributed by atoms with Gasteiger partial charge < -0.3 is 33.8 Å². The molecule has 0 aliphatic carbocycles. The predicted molar refractivity (Wildman–Crippen MR) is 442 cm³/mol. The van der Waals surface area contributed by atoms with Gasteiger partial charge in [0.1, 0.15) is 19.3 Å². The van der Waals surface area contributed by atoms with Gasteiger partial charge in [-0.15, -0.1) is 0 Å². The van der Waals surface area contributed by atoms with Gasteiger partial charge in [-0.3, -0.25) is 37.3 Å². The van der Waals surface area contributed by atoms with Crippen molar-refractivity contribution in [1.29, 1.82) is 0 Å². The van der Waals surface area contributed by atoms with Crippen molar-refractivity contribution >= 4 is 39.5 Å². The Hall–Kier alpha value is -1.94. The van der Waals surface area contributed by atoms with E-state index in [1.54, 1.807) is 0 Å². The zero-order valence-corrected chi connectivity index (χ0v) is 72.2. The SMILES string of the molecule is CCCCCCCCCCCCCCCCCCCC(=O)OC[C@H](COP(=O)(O)OC[C@@H](O)COP(=O)(O)OC[C@@H](COC(=O)CCCCCCCCCCC(C)C)OC(=O)CCCCCCCCCCCCCCCCCCC)OC(=O)CCCCCCCCCCCCCCCCCCCCC(C)CC. The van der Waals surface area contributed by atoms with E-state index in [9.17, 15) is 43.2 Å². The normalized spacial score (nSPS) is 14.0. The third-order valence-electron chi connectivity index (χ3n) is 21.1. The summed E-state index contributed by atoms with van der Waals surface area (Å²) < 4.78 is 69.0. The van der Waals surface area contributed by atoms with Gasteiger partial charge in [0, 0.05) is 25.7 Å². The Bertz CT molecular complexity index is 2050. The molecule has 0 spiro atoms. The molecule has 0 radical (unpaired) electrons. The highest BCUT2D eigenvalue weighted by Gasteiger charge is 2.31. The number of aliphatic hydroxyl groups is 1. The topological polar surface area (TPSA) is 237 Å². The molecule has 17 nitrogen and oxygen atoms in total. The average Bonchev–Trinajstić information content (AvgIpc) is 0.922. The summed E-state index contributed by atoms with van der Waals surface area (Å²) in [6.07, 6.45) is 72.2. The van der Waals surface area contributed by atoms with Crippen molar-refractivity contribution < 1.29 is 80.2 Å². The molecular weight excluding hydrogens is 1390 g/mol. The molecule has 0 heterocycles. The first kappa shape index (κ1) is 105. The zero-order chi connectivity index (χ0) is 78.5. The second-order valence-corrected chi connectivity index (χ2v) is 35.3. The maximum atomic E-state index is 13.2. The van der Waals surface area contributed by atoms with Gasteiger partial charge >= 0.3 is 39.5 Å². The summed E-state index contributed by atoms with van der Waals surface area (Å²) in [6.45, 7) is 9.72. The summed E-state index contributed by atoms with van der Waals surface area (Å²) >= 11 is 0. The molecule has 0 aromatic carbocycles. The standard InChI is InChI=1S/C88H172O17P2/c1-7-10-12-14-16-18-20-22-24-28-33-37-41-45-52-58-64-70-85(90)98-76-83(104-87(92)72-67-61-55-47-43-39-35-31-27-26-30-32-36-40-44-51-57-63-69-81(6)9-3)78-102-106(94,95)100-74-82(89)75-101-107(96,97)103-79-84(77-99-86(91)71-65-59-53-49-48-50-56-62-68-80(4)5)105-88(93)73-66-60-54-46-42-38-34-29-25-23-21-19-17-15-13-11-8-2/h80-84,89H,7-79H2,1-6H3,(H,94,95)(H,96,97)/t81?,82-,83-,84-/m1/s1. The number of rotatable bonds is 87. The number of ether oxygens (including phenoxy) is 4. The molecule has 0 bridgehead atoms. The summed E-state index contributed by atoms with van der Waals surface area (Å²) in [4.78, 5) is 73.3. The van der Waals surface area contributed by atoms with Gasteiger partial charge in [-0.25, -0.2) is 9.13 Å². The summed E-state index contributed by atoms with van der Waals surface area (Å²) in [5.74, 6) is -0.502. The van der Waals surface area contributed by atoms with Crippen LogP contribution in [-0.4, -0.2) is 96.7 Å². The van der Waals surface area contributed by atoms with Gasteiger partial charge in [-0.05, 0) is 37.5 Å². The fourth-order valence-corrected chi connectivity index (χ4v) is 15.3. The zero-order valence-electron chi connectivity index (χ0n) is 70.5. The lowest BCUT2D eigenvalue weighted by Crippen LogP contribution is -2.30. The van der Waals surface area contributed by atoms with Crippen molar-refractivity contribution in [2.24, 2.45) is 11.8 Å². The van der Waals surface area contributed by atoms with Crippen molar-refractivity contribution in [2.45, 2.75) is 490 Å². The lowest BCUT2D eigenvalue weighted by molar-refractivity contribution is -0.161. The van der Waals surface area contributed by atoms with Gasteiger partial charge in [-0.2, -0.15) is 0 Å². The minimum absolute atomic E-state index is 0.108. The van der Waals surface area contributed by atoms with Crippen LogP contribution in [0.3, 0.4) is 0 Å². The van der Waals surface area contributed by atoms with Gasteiger partial charge in [0.25, 0.3) is 0 Å². The summed E-state index contributed by atoms with van der Waals surface area (Å²) in [7, 11) is -9.93. The third kappa shape index (κ3) is 80.5. The van der Waals surface area contributed by atoms with E-state index in [-0.39, 0.29) is 25.7 Å². The molecule has 3 unspecified atom stereocenters. The van der Waals surface area contributed by atoms with Crippen molar-refractivity contribution in [3.8, 4) is 0 Å². The Morgan fingerprint density at radius 2 is 0.477 bits per heavy atom. The monoisotopic (exact) mass is 1560 g/mol. The number of aliphatic hydroxyl groups excluding tert-OH is 1. The lowest BCUT2D eigenvalue weighted by Gasteiger charge is -2.21. The average molecular weight is 1560 g/mol. The molecule has 0 amide bonds. The Kier molecular flexibility index (Phi) is 77.9. The Balaban J connectivity index is 5.23. The van der Waals surface area contributed by atoms with Crippen molar-refractivity contribution in [1.82, 2.24) is 0 Å². The molecule has 0 aliphatic heterocycles. The highest BCUT2D eigenvalue weighted by atomic mass is 31.2. The van der Waals surface area contributed by atoms with E-state index in [2.05, 4.69) is 41.5 Å². The number of carbonyl (C=O) groups excluding carboxylic acids is 4. The van der Waals surface area contributed by atoms with Crippen LogP contribution in [0.1, 0.15) is 472 Å². The highest BCUT2D eigenvalue weighted by Crippen LogP contribution is 2.45. The number of carbonyl (C=O) groups is 4. The molecule has 6 atom stereocenters. The molecule has 0 rings (SSSR count). The Morgan fingerprint density at radius 3 is 0.710 bits per heavy atom. The van der Waals surface area contributed by atoms with Gasteiger partial charge in [0.2, 0.25) is 0 Å². The Morgan fingerprint density at radius 1 is 0.271 bits per heavy atom. The van der Waals surface area contributed by atoms with Crippen molar-refractivity contribution in [3.63, 3.8) is 0 Å². The number of esters is 4. The fraction of sp³-hybridized carbons (Fsp3) is 0.955. The molecule has 0 saturated carbocycles. The van der Waals surface area contributed by atoms with Crippen LogP contribution < -0.4 is 0 Å². The molecule has 0 saturated heterocycles. The maximum Gasteiger partial charge on any atom is 0.472 e. The largest absolute Gasteiger partial charge is 0.472 e. The molecule has 107 heavy (non-hydrogen) atoms. The second-order valence-electron chi connectivity index (χ2n) is 32.4. The number of phosphoric acid groups is 2. The summed E-state index contributed by atoms with van der Waals surface area (Å²) in [6, 6.07) is 0. The number of hydrogen-bond donors (Lipinski definition) is 3. The summed E-state index contributed by atoms with van der Waals surface area (Å²) in [5.41, 5.74) is 0. The van der Waals surface area contributed by atoms with E-state index in [4.69, 9.17) is 37.0 Å². The van der Waals surface area contributed by atoms with Crippen LogP contribution in [0.15, 0.2) is 0 Å². The number of unbranched alkanes of at least 4 members (excludes halogenated alkanes) is 56. The number of phosphoric ester groups is 2. The second kappa shape index (κ2) is 79.3. The van der Waals surface area contributed by atoms with Gasteiger partial charge in [0.05, 0.1) is 26.4 Å². The quantitative estimate of drug-likeness (QED) is 0.0222.